The fourth-order valence-electron chi connectivity index (χ4n) is 3.63. The molecular weight excluding hydrogens is 453 g/mol. The number of anilines is 3. The molecule has 10 heteroatoms. The van der Waals surface area contributed by atoms with Gasteiger partial charge in [0.05, 0.1) is 37.4 Å². The van der Waals surface area contributed by atoms with Crippen molar-refractivity contribution in [1.82, 2.24) is 0 Å². The van der Waals surface area contributed by atoms with Crippen molar-refractivity contribution in [3.05, 3.63) is 93.8 Å². The number of carbonyl (C=O) groups excluding carboxylic acids is 1. The van der Waals surface area contributed by atoms with Gasteiger partial charge >= 0.3 is 0 Å². The number of rotatable bonds is 8. The molecule has 0 spiro atoms. The highest BCUT2D eigenvalue weighted by molar-refractivity contribution is 6.04. The number of benzene rings is 3. The average molecular weight is 481 g/mol. The summed E-state index contributed by atoms with van der Waals surface area (Å²) in [6, 6.07) is 16.9. The normalized spacial score (nSPS) is 16.7. The van der Waals surface area contributed by atoms with Crippen LogP contribution in [0, 0.1) is 15.9 Å². The number of nitrogens with one attached hydrogen (secondary N) is 3. The molecule has 3 N–H and O–H groups in total. The smallest absolute Gasteiger partial charge is 0.271 e. The number of fused-ring (bicyclic) bond motifs is 1. The van der Waals surface area contributed by atoms with E-state index in [2.05, 4.69) is 37.1 Å². The van der Waals surface area contributed by atoms with Crippen LogP contribution in [0.4, 0.5) is 27.1 Å². The number of quaternary nitrogens is 1. The number of nitro benzene ring substituents is 1. The molecule has 1 aliphatic heterocycles. The van der Waals surface area contributed by atoms with Crippen LogP contribution in [-0.2, 0) is 10.6 Å². The Morgan fingerprint density at radius 3 is 2.31 bits per heavy atom. The fourth-order valence-corrected chi connectivity index (χ4v) is 3.63. The summed E-state index contributed by atoms with van der Waals surface area (Å²) in [5.74, 6) is -1.92. The summed E-state index contributed by atoms with van der Waals surface area (Å²) in [5, 5.41) is 20.6. The monoisotopic (exact) mass is 480 g/mol. The maximum atomic E-state index is 13.1. The Labute approximate surface area is 202 Å². The number of non-ortho nitro benzene ring substituents is 1. The van der Waals surface area contributed by atoms with Gasteiger partial charge in [-0.25, -0.2) is 4.39 Å². The summed E-state index contributed by atoms with van der Waals surface area (Å²) >= 11 is 0. The second-order valence-electron chi connectivity index (χ2n) is 9.32. The lowest BCUT2D eigenvalue weighted by molar-refractivity contribution is -0.871. The lowest BCUT2D eigenvalue weighted by atomic mass is 10.1. The van der Waals surface area contributed by atoms with Gasteiger partial charge in [-0.05, 0) is 42.5 Å². The number of hydrogen-bond donors (Lipinski definition) is 3. The van der Waals surface area contributed by atoms with Crippen LogP contribution in [0.15, 0.2) is 66.7 Å². The first kappa shape index (κ1) is 24.1. The Bertz CT molecular complexity index is 1240. The molecule has 1 heterocycles. The van der Waals surface area contributed by atoms with Crippen molar-refractivity contribution in [2.75, 3.05) is 50.2 Å². The van der Waals surface area contributed by atoms with E-state index in [1.807, 2.05) is 0 Å². The molecule has 0 aliphatic carbocycles. The Morgan fingerprint density at radius 1 is 1.03 bits per heavy atom. The zero-order valence-corrected chi connectivity index (χ0v) is 19.7. The van der Waals surface area contributed by atoms with E-state index in [0.29, 0.717) is 33.7 Å². The van der Waals surface area contributed by atoms with Gasteiger partial charge in [-0.1, -0.05) is 12.1 Å². The predicted octanol–water partition coefficient (Wildman–Crippen LogP) is 4.36. The summed E-state index contributed by atoms with van der Waals surface area (Å²) in [5.41, 5.74) is 2.81. The molecule has 1 atom stereocenters. The molecule has 1 amide bonds. The number of nitro groups is 1. The Morgan fingerprint density at radius 2 is 1.69 bits per heavy atom. The van der Waals surface area contributed by atoms with Gasteiger partial charge in [0, 0.05) is 28.9 Å². The lowest BCUT2D eigenvalue weighted by Gasteiger charge is -2.33. The van der Waals surface area contributed by atoms with Gasteiger partial charge in [0.25, 0.3) is 11.6 Å². The molecule has 182 valence electrons. The van der Waals surface area contributed by atoms with Gasteiger partial charge in [0.2, 0.25) is 5.85 Å². The van der Waals surface area contributed by atoms with Crippen LogP contribution in [0.2, 0.25) is 0 Å². The van der Waals surface area contributed by atoms with Crippen LogP contribution in [0.25, 0.3) is 0 Å². The zero-order valence-electron chi connectivity index (χ0n) is 19.7. The van der Waals surface area contributed by atoms with Gasteiger partial charge < -0.3 is 25.2 Å². The summed E-state index contributed by atoms with van der Waals surface area (Å²) in [6.07, 6.45) is 0. The quantitative estimate of drug-likeness (QED) is 0.251. The van der Waals surface area contributed by atoms with Crippen molar-refractivity contribution in [1.29, 1.82) is 0 Å². The van der Waals surface area contributed by atoms with Gasteiger partial charge in [-0.15, -0.1) is 0 Å². The number of nitrogens with zero attached hydrogens (tertiary/aromatic N) is 2. The average Bonchev–Trinajstić information content (AvgIpc) is 3.17. The Balaban J connectivity index is 1.57. The molecule has 3 aromatic carbocycles. The van der Waals surface area contributed by atoms with Crippen LogP contribution in [0.5, 0.6) is 0 Å². The van der Waals surface area contributed by atoms with E-state index >= 15 is 0 Å². The van der Waals surface area contributed by atoms with Crippen molar-refractivity contribution in [3.8, 4) is 0 Å². The summed E-state index contributed by atoms with van der Waals surface area (Å²) in [7, 11) is 6.17. The predicted molar refractivity (Wildman–Crippen MR) is 132 cm³/mol. The van der Waals surface area contributed by atoms with Crippen LogP contribution < -0.4 is 16.0 Å². The highest BCUT2D eigenvalue weighted by atomic mass is 19.1. The third-order valence-corrected chi connectivity index (χ3v) is 5.57. The highest BCUT2D eigenvalue weighted by Gasteiger charge is 2.40. The molecule has 9 nitrogen and oxygen atoms in total. The standard InChI is InChI=1S/C25H26FN5O4/c1-31(2,3)14-15-35-25(28-22-13-12-21(30(33)34)16-23(22)29-25)18-6-10-20(11-7-18)27-24(32)17-4-8-19(26)9-5-17/h4-13,16,28-29H,14-15H2,1-3H3/p+1. The minimum absolute atomic E-state index is 0.0286. The molecule has 0 fully saturated rings. The highest BCUT2D eigenvalue weighted by Crippen LogP contribution is 2.42. The molecule has 1 aliphatic rings. The van der Waals surface area contributed by atoms with Crippen molar-refractivity contribution >= 4 is 28.7 Å². The van der Waals surface area contributed by atoms with E-state index < -0.39 is 16.6 Å². The minimum atomic E-state index is -1.15. The van der Waals surface area contributed by atoms with E-state index in [0.717, 1.165) is 12.1 Å². The second kappa shape index (κ2) is 9.32. The Kier molecular flexibility index (Phi) is 6.42. The number of carbonyl (C=O) groups is 1. The van der Waals surface area contributed by atoms with Crippen molar-refractivity contribution in [3.63, 3.8) is 0 Å². The molecule has 0 aromatic heterocycles. The molecule has 0 saturated heterocycles. The number of hydrogen-bond acceptors (Lipinski definition) is 6. The summed E-state index contributed by atoms with van der Waals surface area (Å²) < 4.78 is 20.1. The maximum Gasteiger partial charge on any atom is 0.271 e. The molecule has 1 unspecified atom stereocenters. The molecule has 0 radical (unpaired) electrons. The van der Waals surface area contributed by atoms with Crippen LogP contribution in [-0.4, -0.2) is 49.6 Å². The van der Waals surface area contributed by atoms with Crippen molar-refractivity contribution in [2.45, 2.75) is 5.85 Å². The van der Waals surface area contributed by atoms with E-state index in [9.17, 15) is 19.3 Å². The molecule has 3 aromatic rings. The largest absolute Gasteiger partial charge is 0.335 e. The number of likely N-dealkylation sites (N-methyl/N-ethyl adjacent to an activating group) is 1. The van der Waals surface area contributed by atoms with Gasteiger partial charge in [0.15, 0.2) is 0 Å². The van der Waals surface area contributed by atoms with E-state index in [-0.39, 0.29) is 11.6 Å². The topological polar surface area (TPSA) is 106 Å². The zero-order chi connectivity index (χ0) is 25.2. The lowest BCUT2D eigenvalue weighted by Crippen LogP contribution is -2.45. The van der Waals surface area contributed by atoms with E-state index in [1.165, 1.54) is 36.4 Å². The van der Waals surface area contributed by atoms with E-state index in [1.54, 1.807) is 30.3 Å². The molecule has 0 saturated carbocycles. The van der Waals surface area contributed by atoms with Crippen LogP contribution >= 0.6 is 0 Å². The number of ether oxygens (including phenoxy) is 1. The van der Waals surface area contributed by atoms with Gasteiger partial charge in [0.1, 0.15) is 19.0 Å². The molecular formula is C25H27FN5O4+. The third kappa shape index (κ3) is 5.56. The number of amides is 1. The summed E-state index contributed by atoms with van der Waals surface area (Å²) in [4.78, 5) is 23.2. The van der Waals surface area contributed by atoms with Gasteiger partial charge in [-0.3, -0.25) is 14.9 Å². The van der Waals surface area contributed by atoms with E-state index in [4.69, 9.17) is 4.74 Å². The summed E-state index contributed by atoms with van der Waals surface area (Å²) in [6.45, 7) is 1.13. The molecule has 4 rings (SSSR count). The van der Waals surface area contributed by atoms with Gasteiger partial charge in [-0.2, -0.15) is 0 Å². The first-order chi connectivity index (χ1) is 16.5. The molecule has 35 heavy (non-hydrogen) atoms. The van der Waals surface area contributed by atoms with Crippen LogP contribution in [0.3, 0.4) is 0 Å². The maximum absolute atomic E-state index is 13.1. The SMILES string of the molecule is C[N+](C)(C)CCOC1(c2ccc(NC(=O)c3ccc(F)cc3)cc2)Nc2ccc([N+](=O)[O-])cc2N1. The van der Waals surface area contributed by atoms with Crippen LogP contribution in [0.1, 0.15) is 15.9 Å². The Hall–Kier alpha value is -4.02. The van der Waals surface area contributed by atoms with Crippen molar-refractivity contribution < 1.29 is 23.3 Å². The first-order valence-corrected chi connectivity index (χ1v) is 11.0. The first-order valence-electron chi connectivity index (χ1n) is 11.0. The molecule has 0 bridgehead atoms. The third-order valence-electron chi connectivity index (χ3n) is 5.57. The fraction of sp³-hybridized carbons (Fsp3) is 0.240. The minimum Gasteiger partial charge on any atom is -0.335 e. The number of halogens is 1. The second-order valence-corrected chi connectivity index (χ2v) is 9.32. The van der Waals surface area contributed by atoms with Crippen molar-refractivity contribution in [2.24, 2.45) is 0 Å².